The van der Waals surface area contributed by atoms with E-state index in [0.29, 0.717) is 27.8 Å². The predicted octanol–water partition coefficient (Wildman–Crippen LogP) is 1.93. The molecule has 154 valence electrons. The van der Waals surface area contributed by atoms with Crippen LogP contribution in [0.1, 0.15) is 26.3 Å². The molecule has 3 aromatic rings. The van der Waals surface area contributed by atoms with E-state index in [1.165, 1.54) is 20.3 Å². The summed E-state index contributed by atoms with van der Waals surface area (Å²) < 4.78 is 9.55. The van der Waals surface area contributed by atoms with Crippen LogP contribution < -0.4 is 10.6 Å². The molecule has 0 saturated heterocycles. The van der Waals surface area contributed by atoms with Gasteiger partial charge in [-0.2, -0.15) is 0 Å². The maximum Gasteiger partial charge on any atom is 0.337 e. The summed E-state index contributed by atoms with van der Waals surface area (Å²) in [5.74, 6) is -1.23. The van der Waals surface area contributed by atoms with Gasteiger partial charge in [-0.1, -0.05) is 0 Å². The number of fused-ring (bicyclic) bond motifs is 1. The van der Waals surface area contributed by atoms with Gasteiger partial charge in [-0.05, 0) is 42.0 Å². The third kappa shape index (κ3) is 5.15. The summed E-state index contributed by atoms with van der Waals surface area (Å²) >= 11 is 0. The van der Waals surface area contributed by atoms with Crippen molar-refractivity contribution in [2.45, 2.75) is 6.54 Å². The van der Waals surface area contributed by atoms with Crippen molar-refractivity contribution in [1.82, 2.24) is 15.3 Å². The highest BCUT2D eigenvalue weighted by atomic mass is 16.5. The molecule has 1 heterocycles. The molecule has 0 aliphatic rings. The van der Waals surface area contributed by atoms with Crippen LogP contribution in [0.3, 0.4) is 0 Å². The molecule has 9 heteroatoms. The number of esters is 1. The van der Waals surface area contributed by atoms with Gasteiger partial charge in [-0.3, -0.25) is 19.6 Å². The average molecular weight is 408 g/mol. The Hall–Kier alpha value is -3.85. The highest BCUT2D eigenvalue weighted by Gasteiger charge is 2.12. The van der Waals surface area contributed by atoms with E-state index in [-0.39, 0.29) is 30.5 Å². The highest BCUT2D eigenvalue weighted by Crippen LogP contribution is 2.17. The van der Waals surface area contributed by atoms with Crippen LogP contribution in [0.25, 0.3) is 11.0 Å². The summed E-state index contributed by atoms with van der Waals surface area (Å²) in [5.41, 5.74) is 2.99. The van der Waals surface area contributed by atoms with Crippen molar-refractivity contribution in [2.24, 2.45) is 0 Å². The predicted molar refractivity (Wildman–Crippen MR) is 109 cm³/mol. The second-order valence-corrected chi connectivity index (χ2v) is 6.33. The van der Waals surface area contributed by atoms with Crippen molar-refractivity contribution >= 4 is 34.5 Å². The second kappa shape index (κ2) is 9.57. The maximum atomic E-state index is 12.5. The lowest BCUT2D eigenvalue weighted by molar-refractivity contribution is -0.119. The first-order chi connectivity index (χ1) is 14.5. The quantitative estimate of drug-likeness (QED) is 0.573. The van der Waals surface area contributed by atoms with E-state index < -0.39 is 5.97 Å². The molecule has 9 nitrogen and oxygen atoms in total. The van der Waals surface area contributed by atoms with E-state index in [0.717, 1.165) is 0 Å². The van der Waals surface area contributed by atoms with Crippen molar-refractivity contribution in [2.75, 3.05) is 26.1 Å². The number of hydrogen-bond acceptors (Lipinski definition) is 7. The molecule has 2 amide bonds. The van der Waals surface area contributed by atoms with Crippen LogP contribution in [-0.4, -0.2) is 48.6 Å². The van der Waals surface area contributed by atoms with Gasteiger partial charge in [0.05, 0.1) is 23.7 Å². The van der Waals surface area contributed by atoms with E-state index >= 15 is 0 Å². The largest absolute Gasteiger partial charge is 0.465 e. The van der Waals surface area contributed by atoms with Crippen LogP contribution in [0, 0.1) is 0 Å². The number of methoxy groups -OCH3 is 2. The Balaban J connectivity index is 1.77. The number of amides is 2. The van der Waals surface area contributed by atoms with Crippen LogP contribution in [0.4, 0.5) is 5.69 Å². The van der Waals surface area contributed by atoms with Crippen LogP contribution in [0.15, 0.2) is 48.8 Å². The number of aromatic nitrogens is 2. The molecule has 1 aromatic heterocycles. The molecule has 0 bridgehead atoms. The van der Waals surface area contributed by atoms with E-state index in [4.69, 9.17) is 9.47 Å². The van der Waals surface area contributed by atoms with Crippen LogP contribution in [0.5, 0.6) is 0 Å². The Labute approximate surface area is 172 Å². The zero-order valence-electron chi connectivity index (χ0n) is 16.5. The van der Waals surface area contributed by atoms with E-state index in [1.807, 2.05) is 0 Å². The first kappa shape index (κ1) is 20.9. The van der Waals surface area contributed by atoms with Gasteiger partial charge in [0.1, 0.15) is 6.61 Å². The Morgan fingerprint density at radius 3 is 2.43 bits per heavy atom. The lowest BCUT2D eigenvalue weighted by atomic mass is 10.1. The number of hydrogen-bond donors (Lipinski definition) is 2. The molecule has 0 saturated carbocycles. The molecule has 0 fully saturated rings. The highest BCUT2D eigenvalue weighted by molar-refractivity contribution is 5.97. The number of carbonyl (C=O) groups is 3. The SMILES string of the molecule is COCC(=O)Nc1cc(CNC(=O)c2ccc3nccnc3c2)cc(C(=O)OC)c1. The molecule has 2 N–H and O–H groups in total. The number of carbonyl (C=O) groups excluding carboxylic acids is 3. The van der Waals surface area contributed by atoms with Crippen molar-refractivity contribution in [3.05, 3.63) is 65.5 Å². The van der Waals surface area contributed by atoms with Crippen LogP contribution in [0.2, 0.25) is 0 Å². The summed E-state index contributed by atoms with van der Waals surface area (Å²) in [6, 6.07) is 9.77. The summed E-state index contributed by atoms with van der Waals surface area (Å²) in [5, 5.41) is 5.44. The van der Waals surface area contributed by atoms with Crippen molar-refractivity contribution < 1.29 is 23.9 Å². The number of benzene rings is 2. The number of anilines is 1. The third-order valence-electron chi connectivity index (χ3n) is 4.16. The minimum absolute atomic E-state index is 0.126. The fraction of sp³-hybridized carbons (Fsp3) is 0.190. The topological polar surface area (TPSA) is 120 Å². The van der Waals surface area contributed by atoms with Gasteiger partial charge >= 0.3 is 5.97 Å². The number of nitrogens with one attached hydrogen (secondary N) is 2. The van der Waals surface area contributed by atoms with Crippen LogP contribution >= 0.6 is 0 Å². The van der Waals surface area contributed by atoms with Gasteiger partial charge in [-0.15, -0.1) is 0 Å². The maximum absolute atomic E-state index is 12.5. The summed E-state index contributed by atoms with van der Waals surface area (Å²) in [4.78, 5) is 44.7. The molecule has 30 heavy (non-hydrogen) atoms. The monoisotopic (exact) mass is 408 g/mol. The number of nitrogens with zero attached hydrogens (tertiary/aromatic N) is 2. The van der Waals surface area contributed by atoms with Gasteiger partial charge in [0.15, 0.2) is 0 Å². The number of ether oxygens (including phenoxy) is 2. The first-order valence-electron chi connectivity index (χ1n) is 9.00. The van der Waals surface area contributed by atoms with Gasteiger partial charge in [0, 0.05) is 37.3 Å². The Morgan fingerprint density at radius 1 is 0.933 bits per heavy atom. The lowest BCUT2D eigenvalue weighted by Crippen LogP contribution is -2.23. The lowest BCUT2D eigenvalue weighted by Gasteiger charge is -2.11. The molecule has 0 radical (unpaired) electrons. The molecule has 2 aromatic carbocycles. The normalized spacial score (nSPS) is 10.5. The minimum Gasteiger partial charge on any atom is -0.465 e. The van der Waals surface area contributed by atoms with E-state index in [9.17, 15) is 14.4 Å². The zero-order chi connectivity index (χ0) is 21.5. The Bertz CT molecular complexity index is 1100. The molecule has 0 atom stereocenters. The minimum atomic E-state index is -0.557. The summed E-state index contributed by atoms with van der Waals surface area (Å²) in [6.45, 7) is 0.00863. The smallest absolute Gasteiger partial charge is 0.337 e. The van der Waals surface area contributed by atoms with Gasteiger partial charge in [-0.25, -0.2) is 4.79 Å². The fourth-order valence-corrected chi connectivity index (χ4v) is 2.82. The molecule has 3 rings (SSSR count). The van der Waals surface area contributed by atoms with Gasteiger partial charge in [0.25, 0.3) is 5.91 Å². The van der Waals surface area contributed by atoms with E-state index in [2.05, 4.69) is 20.6 Å². The first-order valence-corrected chi connectivity index (χ1v) is 9.00. The second-order valence-electron chi connectivity index (χ2n) is 6.33. The summed E-state index contributed by atoms with van der Waals surface area (Å²) in [6.07, 6.45) is 3.14. The Kier molecular flexibility index (Phi) is 6.66. The van der Waals surface area contributed by atoms with Crippen LogP contribution in [-0.2, 0) is 20.8 Å². The third-order valence-corrected chi connectivity index (χ3v) is 4.16. The number of rotatable bonds is 7. The van der Waals surface area contributed by atoms with Gasteiger partial charge in [0.2, 0.25) is 5.91 Å². The van der Waals surface area contributed by atoms with Crippen molar-refractivity contribution in [3.63, 3.8) is 0 Å². The molecule has 0 aliphatic heterocycles. The zero-order valence-corrected chi connectivity index (χ0v) is 16.5. The Morgan fingerprint density at radius 2 is 1.70 bits per heavy atom. The molecule has 0 spiro atoms. The molecular formula is C21H20N4O5. The molecule has 0 aliphatic carbocycles. The standard InChI is InChI=1S/C21H20N4O5/c1-29-12-19(26)25-16-8-13(7-15(9-16)21(28)30-2)11-24-20(27)14-3-4-17-18(10-14)23-6-5-22-17/h3-10H,11-12H2,1-2H3,(H,24,27)(H,25,26). The summed E-state index contributed by atoms with van der Waals surface area (Å²) in [7, 11) is 2.67. The van der Waals surface area contributed by atoms with E-state index in [1.54, 1.807) is 42.7 Å². The fourth-order valence-electron chi connectivity index (χ4n) is 2.82. The average Bonchev–Trinajstić information content (AvgIpc) is 2.76. The van der Waals surface area contributed by atoms with Crippen molar-refractivity contribution in [3.8, 4) is 0 Å². The van der Waals surface area contributed by atoms with Gasteiger partial charge < -0.3 is 20.1 Å². The molecule has 0 unspecified atom stereocenters. The molecular weight excluding hydrogens is 388 g/mol. The van der Waals surface area contributed by atoms with Crippen molar-refractivity contribution in [1.29, 1.82) is 0 Å².